The maximum absolute atomic E-state index is 10.5. The maximum atomic E-state index is 10.5. The molecule has 2 N–H and O–H groups in total. The van der Waals surface area contributed by atoms with Crippen molar-refractivity contribution in [3.8, 4) is 0 Å². The Labute approximate surface area is 89.1 Å². The highest BCUT2D eigenvalue weighted by Gasteiger charge is 2.21. The molecule has 3 heteroatoms. The molecule has 1 heterocycles. The average Bonchev–Trinajstić information content (AvgIpc) is 2.59. The van der Waals surface area contributed by atoms with E-state index in [1.54, 1.807) is 0 Å². The van der Waals surface area contributed by atoms with Crippen LogP contribution in [0.25, 0.3) is 0 Å². The van der Waals surface area contributed by atoms with Crippen molar-refractivity contribution in [1.29, 1.82) is 0 Å². The number of carbonyl (C=O) groups is 1. The monoisotopic (exact) mass is 205 g/mol. The molecule has 0 aromatic heterocycles. The molecule has 0 radical (unpaired) electrons. The quantitative estimate of drug-likeness (QED) is 0.795. The normalized spacial score (nSPS) is 18.3. The fourth-order valence-corrected chi connectivity index (χ4v) is 2.10. The van der Waals surface area contributed by atoms with E-state index in [-0.39, 0.29) is 12.5 Å². The fraction of sp³-hybridized carbons (Fsp3) is 0.417. The standard InChI is InChI=1S/C12H15NO2/c1-8-3-2-4-9-7-10(13-12(8)9)5-6-11(14)15/h2-4,10,13H,5-7H2,1H3,(H,14,15). The van der Waals surface area contributed by atoms with Crippen LogP contribution in [0.4, 0.5) is 5.69 Å². The summed E-state index contributed by atoms with van der Waals surface area (Å²) in [5.74, 6) is -0.718. The second kappa shape index (κ2) is 3.93. The molecule has 0 bridgehead atoms. The molecule has 1 aromatic carbocycles. The van der Waals surface area contributed by atoms with Gasteiger partial charge in [0, 0.05) is 18.2 Å². The van der Waals surface area contributed by atoms with Gasteiger partial charge in [-0.1, -0.05) is 18.2 Å². The van der Waals surface area contributed by atoms with Crippen LogP contribution in [0.1, 0.15) is 24.0 Å². The molecular formula is C12H15NO2. The summed E-state index contributed by atoms with van der Waals surface area (Å²) in [6, 6.07) is 6.52. The molecule has 2 rings (SSSR count). The highest BCUT2D eigenvalue weighted by molar-refractivity contribution is 5.67. The molecule has 15 heavy (non-hydrogen) atoms. The number of carboxylic acid groups (broad SMARTS) is 1. The molecule has 0 spiro atoms. The van der Waals surface area contributed by atoms with E-state index in [1.807, 2.05) is 0 Å². The number of carboxylic acids is 1. The first-order valence-corrected chi connectivity index (χ1v) is 5.23. The van der Waals surface area contributed by atoms with Crippen LogP contribution in [0, 0.1) is 6.92 Å². The second-order valence-corrected chi connectivity index (χ2v) is 4.09. The van der Waals surface area contributed by atoms with E-state index in [1.165, 1.54) is 16.8 Å². The maximum Gasteiger partial charge on any atom is 0.303 e. The Morgan fingerprint density at radius 3 is 3.07 bits per heavy atom. The minimum absolute atomic E-state index is 0.241. The van der Waals surface area contributed by atoms with Gasteiger partial charge in [0.25, 0.3) is 0 Å². The first-order valence-electron chi connectivity index (χ1n) is 5.23. The van der Waals surface area contributed by atoms with Crippen molar-refractivity contribution in [2.24, 2.45) is 0 Å². The first kappa shape index (κ1) is 10.0. The van der Waals surface area contributed by atoms with E-state index in [0.29, 0.717) is 6.42 Å². The lowest BCUT2D eigenvalue weighted by atomic mass is 10.1. The Bertz CT molecular complexity index is 387. The number of fused-ring (bicyclic) bond motifs is 1. The number of aliphatic carboxylic acids is 1. The zero-order valence-corrected chi connectivity index (χ0v) is 8.79. The van der Waals surface area contributed by atoms with Crippen molar-refractivity contribution < 1.29 is 9.90 Å². The molecule has 1 atom stereocenters. The van der Waals surface area contributed by atoms with Gasteiger partial charge in [-0.2, -0.15) is 0 Å². The van der Waals surface area contributed by atoms with Crippen LogP contribution in [0.2, 0.25) is 0 Å². The Balaban J connectivity index is 2.03. The number of nitrogens with one attached hydrogen (secondary N) is 1. The summed E-state index contributed by atoms with van der Waals surface area (Å²) in [7, 11) is 0. The van der Waals surface area contributed by atoms with Crippen LogP contribution in [0.5, 0.6) is 0 Å². The van der Waals surface area contributed by atoms with Crippen LogP contribution >= 0.6 is 0 Å². The molecule has 3 nitrogen and oxygen atoms in total. The Morgan fingerprint density at radius 1 is 1.60 bits per heavy atom. The molecule has 1 aliphatic rings. The molecule has 0 aliphatic carbocycles. The topological polar surface area (TPSA) is 49.3 Å². The van der Waals surface area contributed by atoms with Crippen molar-refractivity contribution >= 4 is 11.7 Å². The number of para-hydroxylation sites is 1. The molecule has 1 aliphatic heterocycles. The minimum Gasteiger partial charge on any atom is -0.481 e. The van der Waals surface area contributed by atoms with Gasteiger partial charge in [0.2, 0.25) is 0 Å². The lowest BCUT2D eigenvalue weighted by Crippen LogP contribution is -2.16. The van der Waals surface area contributed by atoms with Gasteiger partial charge in [0.05, 0.1) is 0 Å². The number of aryl methyl sites for hydroxylation is 1. The molecule has 0 saturated heterocycles. The highest BCUT2D eigenvalue weighted by atomic mass is 16.4. The Hall–Kier alpha value is -1.51. The smallest absolute Gasteiger partial charge is 0.303 e. The van der Waals surface area contributed by atoms with Crippen molar-refractivity contribution in [2.45, 2.75) is 32.2 Å². The second-order valence-electron chi connectivity index (χ2n) is 4.09. The number of rotatable bonds is 3. The van der Waals surface area contributed by atoms with Crippen molar-refractivity contribution in [3.63, 3.8) is 0 Å². The van der Waals surface area contributed by atoms with Gasteiger partial charge in [0.1, 0.15) is 0 Å². The van der Waals surface area contributed by atoms with Crippen molar-refractivity contribution in [3.05, 3.63) is 29.3 Å². The summed E-state index contributed by atoms with van der Waals surface area (Å²) in [4.78, 5) is 10.5. The van der Waals surface area contributed by atoms with Gasteiger partial charge < -0.3 is 10.4 Å². The Morgan fingerprint density at radius 2 is 2.40 bits per heavy atom. The van der Waals surface area contributed by atoms with Crippen LogP contribution in [-0.2, 0) is 11.2 Å². The van der Waals surface area contributed by atoms with E-state index < -0.39 is 5.97 Å². The predicted molar refractivity (Wildman–Crippen MR) is 59.2 cm³/mol. The molecule has 0 saturated carbocycles. The summed E-state index contributed by atoms with van der Waals surface area (Å²) < 4.78 is 0. The van der Waals surface area contributed by atoms with Crippen LogP contribution in [0.15, 0.2) is 18.2 Å². The van der Waals surface area contributed by atoms with E-state index in [4.69, 9.17) is 5.11 Å². The zero-order chi connectivity index (χ0) is 10.8. The third kappa shape index (κ3) is 2.12. The summed E-state index contributed by atoms with van der Waals surface area (Å²) in [5.41, 5.74) is 3.75. The average molecular weight is 205 g/mol. The molecule has 1 unspecified atom stereocenters. The predicted octanol–water partition coefficient (Wildman–Crippen LogP) is 2.20. The lowest BCUT2D eigenvalue weighted by Gasteiger charge is -2.09. The van der Waals surface area contributed by atoms with E-state index >= 15 is 0 Å². The van der Waals surface area contributed by atoms with Crippen molar-refractivity contribution in [1.82, 2.24) is 0 Å². The van der Waals surface area contributed by atoms with E-state index in [2.05, 4.69) is 30.4 Å². The number of hydrogen-bond donors (Lipinski definition) is 2. The van der Waals surface area contributed by atoms with E-state index in [9.17, 15) is 4.79 Å². The highest BCUT2D eigenvalue weighted by Crippen LogP contribution is 2.30. The fourth-order valence-electron chi connectivity index (χ4n) is 2.10. The first-order chi connectivity index (χ1) is 7.16. The third-order valence-corrected chi connectivity index (χ3v) is 2.88. The number of hydrogen-bond acceptors (Lipinski definition) is 2. The minimum atomic E-state index is -0.718. The van der Waals surface area contributed by atoms with Gasteiger partial charge in [-0.15, -0.1) is 0 Å². The summed E-state index contributed by atoms with van der Waals surface area (Å²) in [5, 5.41) is 12.0. The van der Waals surface area contributed by atoms with Gasteiger partial charge >= 0.3 is 5.97 Å². The lowest BCUT2D eigenvalue weighted by molar-refractivity contribution is -0.137. The third-order valence-electron chi connectivity index (χ3n) is 2.88. The molecule has 0 amide bonds. The summed E-state index contributed by atoms with van der Waals surface area (Å²) in [6.45, 7) is 2.07. The van der Waals surface area contributed by atoms with Gasteiger partial charge in [-0.25, -0.2) is 0 Å². The molecule has 1 aromatic rings. The summed E-state index contributed by atoms with van der Waals surface area (Å²) >= 11 is 0. The van der Waals surface area contributed by atoms with Crippen molar-refractivity contribution in [2.75, 3.05) is 5.32 Å². The molecule has 80 valence electrons. The number of benzene rings is 1. The van der Waals surface area contributed by atoms with Gasteiger partial charge in [-0.05, 0) is 30.9 Å². The number of anilines is 1. The Kier molecular flexibility index (Phi) is 2.62. The van der Waals surface area contributed by atoms with Crippen LogP contribution in [-0.4, -0.2) is 17.1 Å². The zero-order valence-electron chi connectivity index (χ0n) is 8.79. The summed E-state index contributed by atoms with van der Waals surface area (Å²) in [6.07, 6.45) is 1.89. The van der Waals surface area contributed by atoms with Gasteiger partial charge in [-0.3, -0.25) is 4.79 Å². The SMILES string of the molecule is Cc1cccc2c1NC(CCC(=O)O)C2. The molecular weight excluding hydrogens is 190 g/mol. The van der Waals surface area contributed by atoms with Crippen LogP contribution in [0.3, 0.4) is 0 Å². The largest absolute Gasteiger partial charge is 0.481 e. The van der Waals surface area contributed by atoms with E-state index in [0.717, 1.165) is 6.42 Å². The molecule has 0 fully saturated rings. The van der Waals surface area contributed by atoms with Crippen LogP contribution < -0.4 is 5.32 Å². The van der Waals surface area contributed by atoms with Gasteiger partial charge in [0.15, 0.2) is 0 Å².